The minimum absolute atomic E-state index is 0.0784. The van der Waals surface area contributed by atoms with Crippen LogP contribution in [0.15, 0.2) is 48.8 Å². The largest absolute Gasteiger partial charge is 0.492 e. The van der Waals surface area contributed by atoms with Gasteiger partial charge in [-0.3, -0.25) is 13.8 Å². The first-order valence-electron chi connectivity index (χ1n) is 21.5. The van der Waals surface area contributed by atoms with Gasteiger partial charge in [0.15, 0.2) is 6.10 Å². The summed E-state index contributed by atoms with van der Waals surface area (Å²) < 4.78 is 40.4. The number of likely N-dealkylation sites (N-methyl/N-ethyl adjacent to an activating group) is 1. The maximum Gasteiger partial charge on any atom is 0.472 e. The van der Waals surface area contributed by atoms with E-state index in [2.05, 4.69) is 50.3 Å². The van der Waals surface area contributed by atoms with E-state index >= 15 is 0 Å². The lowest BCUT2D eigenvalue weighted by atomic mass is 10.0. The fraction of sp³-hybridized carbons (Fsp3) is 0.795. The number of epoxide rings is 1. The van der Waals surface area contributed by atoms with Crippen molar-refractivity contribution in [2.45, 2.75) is 180 Å². The predicted octanol–water partition coefficient (Wildman–Crippen LogP) is 11.7. The Hall–Kier alpha value is -1.74. The second-order valence-electron chi connectivity index (χ2n) is 15.8. The van der Waals surface area contributed by atoms with E-state index in [1.165, 1.54) is 96.3 Å². The first-order chi connectivity index (χ1) is 26.1. The van der Waals surface area contributed by atoms with Crippen LogP contribution in [0.5, 0.6) is 0 Å². The number of hydrogen-bond donors (Lipinski definition) is 1. The van der Waals surface area contributed by atoms with Crippen LogP contribution in [0.25, 0.3) is 0 Å². The number of allylic oxidation sites excluding steroid dienone is 6. The van der Waals surface area contributed by atoms with Crippen molar-refractivity contribution in [3.05, 3.63) is 48.8 Å². The van der Waals surface area contributed by atoms with E-state index in [0.29, 0.717) is 29.7 Å². The smallest absolute Gasteiger partial charge is 0.472 e. The van der Waals surface area contributed by atoms with Gasteiger partial charge >= 0.3 is 13.8 Å². The second-order valence-corrected chi connectivity index (χ2v) is 17.3. The molecule has 3 unspecified atom stereocenters. The molecular weight excluding hydrogens is 701 g/mol. The Labute approximate surface area is 331 Å². The van der Waals surface area contributed by atoms with E-state index in [4.69, 9.17) is 23.3 Å². The minimum atomic E-state index is -4.28. The summed E-state index contributed by atoms with van der Waals surface area (Å²) in [7, 11) is 1.63. The maximum atomic E-state index is 12.5. The summed E-state index contributed by atoms with van der Waals surface area (Å²) in [6, 6.07) is 0. The second kappa shape index (κ2) is 33.4. The molecule has 0 spiro atoms. The summed E-state index contributed by atoms with van der Waals surface area (Å²) >= 11 is 0. The van der Waals surface area contributed by atoms with Crippen molar-refractivity contribution >= 4 is 13.8 Å². The van der Waals surface area contributed by atoms with Crippen molar-refractivity contribution in [2.75, 3.05) is 47.5 Å². The molecule has 1 fully saturated rings. The third-order valence-electron chi connectivity index (χ3n) is 9.41. The molecule has 9 nitrogen and oxygen atoms in total. The number of unbranched alkanes of at least 4 members (excludes halogenated alkanes) is 15. The Morgan fingerprint density at radius 3 is 1.93 bits per heavy atom. The highest BCUT2D eigenvalue weighted by atomic mass is 31.2. The Balaban J connectivity index is 2.28. The van der Waals surface area contributed by atoms with Gasteiger partial charge in [-0.25, -0.2) is 4.57 Å². The molecule has 0 bridgehead atoms. The van der Waals surface area contributed by atoms with Crippen LogP contribution >= 0.6 is 7.82 Å². The van der Waals surface area contributed by atoms with Gasteiger partial charge in [-0.1, -0.05) is 140 Å². The van der Waals surface area contributed by atoms with E-state index in [1.807, 2.05) is 27.2 Å². The third-order valence-corrected chi connectivity index (χ3v) is 10.4. The van der Waals surface area contributed by atoms with Crippen LogP contribution in [0.2, 0.25) is 0 Å². The monoisotopic (exact) mass is 783 g/mol. The highest BCUT2D eigenvalue weighted by molar-refractivity contribution is 7.47. The SMILES string of the molecule is CCCCCCCCCCCCCC/C=C/O[C@H](COC(=O)CCC/C=C\C/C=C\C/C=C\CC1OC1CCCCC)COP(=O)(O)OCC[N+](C)(C)C. The van der Waals surface area contributed by atoms with Gasteiger partial charge in [0.05, 0.1) is 46.2 Å². The zero-order chi connectivity index (χ0) is 39.6. The van der Waals surface area contributed by atoms with Crippen LogP contribution in [0.1, 0.15) is 162 Å². The lowest BCUT2D eigenvalue weighted by molar-refractivity contribution is -0.870. The average Bonchev–Trinajstić information content (AvgIpc) is 3.88. The van der Waals surface area contributed by atoms with Gasteiger partial charge in [-0.2, -0.15) is 0 Å². The fourth-order valence-electron chi connectivity index (χ4n) is 5.86. The van der Waals surface area contributed by atoms with Crippen LogP contribution in [0.4, 0.5) is 0 Å². The molecule has 0 aromatic carbocycles. The lowest BCUT2D eigenvalue weighted by Gasteiger charge is -2.24. The van der Waals surface area contributed by atoms with Gasteiger partial charge in [-0.05, 0) is 57.4 Å². The molecule has 1 aliphatic heterocycles. The Kier molecular flexibility index (Phi) is 31.1. The number of ether oxygens (including phenoxy) is 3. The summed E-state index contributed by atoms with van der Waals surface area (Å²) in [6.07, 6.45) is 42.8. The molecule has 4 atom stereocenters. The molecule has 1 N–H and O–H groups in total. The predicted molar refractivity (Wildman–Crippen MR) is 223 cm³/mol. The number of esters is 1. The summed E-state index contributed by atoms with van der Waals surface area (Å²) in [5.74, 6) is -0.334. The van der Waals surface area contributed by atoms with Crippen molar-refractivity contribution < 1.29 is 42.0 Å². The minimum Gasteiger partial charge on any atom is -0.492 e. The maximum absolute atomic E-state index is 12.5. The highest BCUT2D eigenvalue weighted by Crippen LogP contribution is 2.43. The quantitative estimate of drug-likeness (QED) is 0.0126. The molecule has 0 amide bonds. The molecular formula is C44H81NO8P+. The van der Waals surface area contributed by atoms with Crippen molar-refractivity contribution in [3.8, 4) is 0 Å². The van der Waals surface area contributed by atoms with Crippen LogP contribution in [0.3, 0.4) is 0 Å². The van der Waals surface area contributed by atoms with Gasteiger partial charge in [0.1, 0.15) is 19.8 Å². The molecule has 0 aromatic rings. The Morgan fingerprint density at radius 1 is 0.704 bits per heavy atom. The van der Waals surface area contributed by atoms with Crippen molar-refractivity contribution in [2.24, 2.45) is 0 Å². The van der Waals surface area contributed by atoms with Crippen molar-refractivity contribution in [1.29, 1.82) is 0 Å². The number of rotatable bonds is 38. The van der Waals surface area contributed by atoms with Crippen molar-refractivity contribution in [3.63, 3.8) is 0 Å². The van der Waals surface area contributed by atoms with E-state index < -0.39 is 13.9 Å². The Morgan fingerprint density at radius 2 is 1.28 bits per heavy atom. The summed E-state index contributed by atoms with van der Waals surface area (Å²) in [6.45, 7) is 4.80. The van der Waals surface area contributed by atoms with E-state index in [0.717, 1.165) is 38.5 Å². The van der Waals surface area contributed by atoms with E-state index in [-0.39, 0.29) is 32.2 Å². The molecule has 1 aliphatic rings. The first-order valence-corrected chi connectivity index (χ1v) is 23.0. The van der Waals surface area contributed by atoms with Crippen molar-refractivity contribution in [1.82, 2.24) is 0 Å². The molecule has 0 radical (unpaired) electrons. The average molecular weight is 783 g/mol. The van der Waals surface area contributed by atoms with Crippen LogP contribution < -0.4 is 0 Å². The van der Waals surface area contributed by atoms with Crippen LogP contribution in [0, 0.1) is 0 Å². The molecule has 0 aliphatic carbocycles. The van der Waals surface area contributed by atoms with Gasteiger partial charge in [-0.15, -0.1) is 0 Å². The molecule has 1 saturated heterocycles. The van der Waals surface area contributed by atoms with Gasteiger partial charge in [0.25, 0.3) is 0 Å². The lowest BCUT2D eigenvalue weighted by Crippen LogP contribution is -2.37. The van der Waals surface area contributed by atoms with Gasteiger partial charge < -0.3 is 23.6 Å². The van der Waals surface area contributed by atoms with Gasteiger partial charge in [0, 0.05) is 6.42 Å². The topological polar surface area (TPSA) is 104 Å². The zero-order valence-electron chi connectivity index (χ0n) is 35.1. The molecule has 0 saturated carbocycles. The number of carbonyl (C=O) groups is 1. The number of carbonyl (C=O) groups excluding carboxylic acids is 1. The summed E-state index contributed by atoms with van der Waals surface area (Å²) in [4.78, 5) is 22.6. The van der Waals surface area contributed by atoms with Crippen LogP contribution in [-0.2, 0) is 32.6 Å². The first kappa shape index (κ1) is 50.3. The van der Waals surface area contributed by atoms with Crippen LogP contribution in [-0.4, -0.2) is 81.2 Å². The molecule has 54 heavy (non-hydrogen) atoms. The fourth-order valence-corrected chi connectivity index (χ4v) is 6.60. The van der Waals surface area contributed by atoms with E-state index in [1.54, 1.807) is 6.26 Å². The standard InChI is InChI=1S/C44H80NO8P/c1-6-8-10-11-12-13-14-15-16-19-22-25-28-32-37-49-41(40-52-54(47,48)51-38-36-45(3,4)5)39-50-44(46)35-31-27-24-21-18-17-20-23-26-30-34-43-42(53-43)33-29-9-7-2/h17,20-21,24,26,30,32,37,41-43H,6-16,18-19,22-23,25,27-29,31,33-36,38-40H2,1-5H3/p+1/b20-17-,24-21-,30-26-,37-32+/t41-,42?,43?/m1/s1. The zero-order valence-corrected chi connectivity index (χ0v) is 36.0. The summed E-state index contributed by atoms with van der Waals surface area (Å²) in [5, 5.41) is 0. The number of phosphoric acid groups is 1. The highest BCUT2D eigenvalue weighted by Gasteiger charge is 2.36. The number of quaternary nitrogens is 1. The van der Waals surface area contributed by atoms with Gasteiger partial charge in [0.2, 0.25) is 0 Å². The molecule has 314 valence electrons. The number of hydrogen-bond acceptors (Lipinski definition) is 7. The molecule has 0 aromatic heterocycles. The summed E-state index contributed by atoms with van der Waals surface area (Å²) in [5.41, 5.74) is 0. The molecule has 10 heteroatoms. The normalized spacial score (nSPS) is 18.0. The Bertz CT molecular complexity index is 1070. The molecule has 1 rings (SSSR count). The number of nitrogens with zero attached hydrogens (tertiary/aromatic N) is 1. The van der Waals surface area contributed by atoms with E-state index in [9.17, 15) is 14.3 Å². The molecule has 1 heterocycles. The third kappa shape index (κ3) is 33.6. The number of phosphoric ester groups is 1.